The molecule has 0 aliphatic rings. The van der Waals surface area contributed by atoms with E-state index in [1.807, 2.05) is 0 Å². The molecular weight excluding hydrogens is 190 g/mol. The maximum atomic E-state index is 10.2. The summed E-state index contributed by atoms with van der Waals surface area (Å²) in [6, 6.07) is 6.23. The van der Waals surface area contributed by atoms with Crippen molar-refractivity contribution in [2.24, 2.45) is 5.73 Å². The van der Waals surface area contributed by atoms with Crippen LogP contribution in [0.2, 0.25) is 5.02 Å². The lowest BCUT2D eigenvalue weighted by Crippen LogP contribution is -2.27. The summed E-state index contributed by atoms with van der Waals surface area (Å²) in [5, 5.41) is 10.8. The highest BCUT2D eigenvalue weighted by atomic mass is 35.5. The molecule has 1 aromatic rings. The lowest BCUT2D eigenvalue weighted by atomic mass is 10.1. The van der Waals surface area contributed by atoms with E-state index < -0.39 is 12.0 Å². The van der Waals surface area contributed by atoms with E-state index in [1.54, 1.807) is 24.3 Å². The van der Waals surface area contributed by atoms with Crippen molar-refractivity contribution in [3.8, 4) is 0 Å². The Hall–Kier alpha value is -1.06. The molecule has 13 heavy (non-hydrogen) atoms. The number of halogens is 1. The van der Waals surface area contributed by atoms with Gasteiger partial charge in [0.2, 0.25) is 0 Å². The molecule has 4 heteroatoms. The van der Waals surface area contributed by atoms with Gasteiger partial charge in [-0.15, -0.1) is 0 Å². The number of benzene rings is 1. The highest BCUT2D eigenvalue weighted by molar-refractivity contribution is 6.30. The molecule has 0 saturated carbocycles. The van der Waals surface area contributed by atoms with Crippen LogP contribution in [0.1, 0.15) is 18.0 Å². The second-order valence-corrected chi connectivity index (χ2v) is 3.17. The number of hydrogen-bond acceptors (Lipinski definition) is 3. The molecule has 0 aliphatic heterocycles. The second-order valence-electron chi connectivity index (χ2n) is 2.73. The van der Waals surface area contributed by atoms with Crippen LogP contribution in [0.3, 0.4) is 0 Å². The molecule has 0 saturated heterocycles. The zero-order chi connectivity index (χ0) is 9.84. The van der Waals surface area contributed by atoms with Crippen molar-refractivity contribution in [3.05, 3.63) is 34.9 Å². The molecule has 1 rings (SSSR count). The Labute approximate surface area is 81.1 Å². The molecule has 1 atom stereocenters. The number of carbonyl (C=O) groups is 1. The SMILES string of the molecule is NC(CC(=O)[O-])c1ccc(Cl)cc1. The van der Waals surface area contributed by atoms with Gasteiger partial charge in [0.15, 0.2) is 0 Å². The van der Waals surface area contributed by atoms with Crippen LogP contribution in [0.5, 0.6) is 0 Å². The van der Waals surface area contributed by atoms with Crippen molar-refractivity contribution in [1.29, 1.82) is 0 Å². The van der Waals surface area contributed by atoms with Gasteiger partial charge in [0, 0.05) is 23.5 Å². The minimum Gasteiger partial charge on any atom is -0.550 e. The van der Waals surface area contributed by atoms with Crippen molar-refractivity contribution < 1.29 is 9.90 Å². The van der Waals surface area contributed by atoms with Crippen molar-refractivity contribution in [1.82, 2.24) is 0 Å². The van der Waals surface area contributed by atoms with Crippen LogP contribution in [0.25, 0.3) is 0 Å². The maximum Gasteiger partial charge on any atom is 0.0433 e. The van der Waals surface area contributed by atoms with Crippen molar-refractivity contribution in [2.45, 2.75) is 12.5 Å². The Kier molecular flexibility index (Phi) is 3.28. The van der Waals surface area contributed by atoms with E-state index in [1.165, 1.54) is 0 Å². The van der Waals surface area contributed by atoms with Crippen molar-refractivity contribution in [2.75, 3.05) is 0 Å². The number of carboxylic acid groups (broad SMARTS) is 1. The quantitative estimate of drug-likeness (QED) is 0.768. The van der Waals surface area contributed by atoms with Crippen molar-refractivity contribution >= 4 is 17.6 Å². The Morgan fingerprint density at radius 1 is 1.46 bits per heavy atom. The van der Waals surface area contributed by atoms with Crippen LogP contribution in [0, 0.1) is 0 Å². The molecule has 0 heterocycles. The molecule has 0 fully saturated rings. The third-order valence-corrected chi connectivity index (χ3v) is 1.94. The van der Waals surface area contributed by atoms with Crippen LogP contribution >= 0.6 is 11.6 Å². The molecule has 0 aromatic heterocycles. The lowest BCUT2D eigenvalue weighted by Gasteiger charge is -2.12. The Morgan fingerprint density at radius 3 is 2.46 bits per heavy atom. The van der Waals surface area contributed by atoms with Gasteiger partial charge >= 0.3 is 0 Å². The number of nitrogens with two attached hydrogens (primary N) is 1. The monoisotopic (exact) mass is 198 g/mol. The smallest absolute Gasteiger partial charge is 0.0433 e. The largest absolute Gasteiger partial charge is 0.550 e. The van der Waals surface area contributed by atoms with E-state index in [0.717, 1.165) is 5.56 Å². The summed E-state index contributed by atoms with van der Waals surface area (Å²) in [6.07, 6.45) is -0.179. The summed E-state index contributed by atoms with van der Waals surface area (Å²) in [5.41, 5.74) is 6.33. The van der Waals surface area contributed by atoms with E-state index in [4.69, 9.17) is 17.3 Å². The number of carbonyl (C=O) groups excluding carboxylic acids is 1. The van der Waals surface area contributed by atoms with E-state index in [-0.39, 0.29) is 6.42 Å². The summed E-state index contributed by atoms with van der Waals surface area (Å²) < 4.78 is 0. The second kappa shape index (κ2) is 4.25. The molecule has 2 N–H and O–H groups in total. The predicted octanol–water partition coefficient (Wildman–Crippen LogP) is 0.480. The maximum absolute atomic E-state index is 10.2. The topological polar surface area (TPSA) is 66.2 Å². The predicted molar refractivity (Wildman–Crippen MR) is 48.0 cm³/mol. The van der Waals surface area contributed by atoms with Crippen LogP contribution in [0.4, 0.5) is 0 Å². The Bertz CT molecular complexity index is 297. The van der Waals surface area contributed by atoms with Gasteiger partial charge in [0.05, 0.1) is 0 Å². The Morgan fingerprint density at radius 2 is 2.00 bits per heavy atom. The van der Waals surface area contributed by atoms with Gasteiger partial charge in [-0.05, 0) is 17.7 Å². The first kappa shape index (κ1) is 10.0. The molecule has 0 amide bonds. The van der Waals surface area contributed by atoms with Crippen molar-refractivity contribution in [3.63, 3.8) is 0 Å². The van der Waals surface area contributed by atoms with Gasteiger partial charge in [-0.1, -0.05) is 23.7 Å². The van der Waals surface area contributed by atoms with E-state index in [2.05, 4.69) is 0 Å². The fourth-order valence-electron chi connectivity index (χ4n) is 1.01. The highest BCUT2D eigenvalue weighted by Gasteiger charge is 2.05. The van der Waals surface area contributed by atoms with Crippen LogP contribution in [-0.2, 0) is 4.79 Å². The number of hydrogen-bond donors (Lipinski definition) is 1. The van der Waals surface area contributed by atoms with Gasteiger partial charge in [-0.3, -0.25) is 0 Å². The Balaban J connectivity index is 2.71. The van der Waals surface area contributed by atoms with E-state index >= 15 is 0 Å². The van der Waals surface area contributed by atoms with Gasteiger partial charge in [-0.2, -0.15) is 0 Å². The van der Waals surface area contributed by atoms with E-state index in [9.17, 15) is 9.90 Å². The van der Waals surface area contributed by atoms with Crippen LogP contribution < -0.4 is 10.8 Å². The molecule has 70 valence electrons. The third-order valence-electron chi connectivity index (χ3n) is 1.68. The first-order valence-corrected chi connectivity index (χ1v) is 4.18. The zero-order valence-corrected chi connectivity index (χ0v) is 7.62. The minimum absolute atomic E-state index is 0.179. The summed E-state index contributed by atoms with van der Waals surface area (Å²) in [5.74, 6) is -1.15. The van der Waals surface area contributed by atoms with Gasteiger partial charge in [0.1, 0.15) is 0 Å². The van der Waals surface area contributed by atoms with Crippen LogP contribution in [0.15, 0.2) is 24.3 Å². The fourth-order valence-corrected chi connectivity index (χ4v) is 1.13. The standard InChI is InChI=1S/C9H10ClNO2/c10-7-3-1-6(2-4-7)8(11)5-9(12)13/h1-4,8H,5,11H2,(H,12,13)/p-1. The molecule has 1 aromatic carbocycles. The van der Waals surface area contributed by atoms with Gasteiger partial charge < -0.3 is 15.6 Å². The first-order valence-electron chi connectivity index (χ1n) is 3.80. The fraction of sp³-hybridized carbons (Fsp3) is 0.222. The summed E-state index contributed by atoms with van der Waals surface area (Å²) in [7, 11) is 0. The summed E-state index contributed by atoms with van der Waals surface area (Å²) >= 11 is 5.65. The molecule has 0 radical (unpaired) electrons. The number of aliphatic carboxylic acids is 1. The molecule has 0 bridgehead atoms. The van der Waals surface area contributed by atoms with Crippen LogP contribution in [-0.4, -0.2) is 5.97 Å². The normalized spacial score (nSPS) is 12.5. The molecule has 1 unspecified atom stereocenters. The zero-order valence-electron chi connectivity index (χ0n) is 6.87. The summed E-state index contributed by atoms with van der Waals surface area (Å²) in [4.78, 5) is 10.2. The molecule has 0 spiro atoms. The average molecular weight is 199 g/mol. The van der Waals surface area contributed by atoms with Gasteiger partial charge in [0.25, 0.3) is 0 Å². The molecule has 0 aliphatic carbocycles. The van der Waals surface area contributed by atoms with E-state index in [0.29, 0.717) is 5.02 Å². The van der Waals surface area contributed by atoms with Gasteiger partial charge in [-0.25, -0.2) is 0 Å². The molecular formula is C9H9ClNO2-. The lowest BCUT2D eigenvalue weighted by molar-refractivity contribution is -0.306. The molecule has 3 nitrogen and oxygen atoms in total. The first-order chi connectivity index (χ1) is 6.09. The minimum atomic E-state index is -1.15. The third kappa shape index (κ3) is 3.05. The number of carboxylic acids is 1. The number of rotatable bonds is 3. The average Bonchev–Trinajstić information content (AvgIpc) is 2.04. The highest BCUT2D eigenvalue weighted by Crippen LogP contribution is 2.16. The summed E-state index contributed by atoms with van der Waals surface area (Å²) in [6.45, 7) is 0.